The molecule has 0 aliphatic heterocycles. The van der Waals surface area contributed by atoms with Crippen molar-refractivity contribution in [3.05, 3.63) is 131 Å². The van der Waals surface area contributed by atoms with Crippen LogP contribution in [0, 0.1) is 11.3 Å². The molecule has 50 heavy (non-hydrogen) atoms. The Morgan fingerprint density at radius 3 is 2.32 bits per heavy atom. The summed E-state index contributed by atoms with van der Waals surface area (Å²) in [5.41, 5.74) is 3.45. The summed E-state index contributed by atoms with van der Waals surface area (Å²) < 4.78 is 10.9. The van der Waals surface area contributed by atoms with Crippen LogP contribution in [0.15, 0.2) is 119 Å². The first-order valence-corrected chi connectivity index (χ1v) is 17.4. The number of anilines is 2. The van der Waals surface area contributed by atoms with Gasteiger partial charge in [-0.05, 0) is 66.6 Å². The van der Waals surface area contributed by atoms with Gasteiger partial charge in [0.15, 0.2) is 0 Å². The number of nitriles is 1. The maximum Gasteiger partial charge on any atom is 0.272 e. The highest BCUT2D eigenvalue weighted by atomic mass is 32.2. The maximum atomic E-state index is 13.7. The van der Waals surface area contributed by atoms with E-state index in [0.29, 0.717) is 45.3 Å². The molecule has 0 bridgehead atoms. The van der Waals surface area contributed by atoms with Crippen molar-refractivity contribution >= 4 is 57.6 Å². The number of benzene rings is 4. The number of thioether (sulfide) groups is 1. The lowest BCUT2D eigenvalue weighted by Crippen LogP contribution is -2.30. The normalized spacial score (nSPS) is 11.5. The summed E-state index contributed by atoms with van der Waals surface area (Å²) in [6.45, 7) is 1.91. The molecule has 5 rings (SSSR count). The Morgan fingerprint density at radius 1 is 0.900 bits per heavy atom. The van der Waals surface area contributed by atoms with Crippen molar-refractivity contribution in [1.82, 2.24) is 5.32 Å². The lowest BCUT2D eigenvalue weighted by Gasteiger charge is -2.16. The molecule has 0 spiro atoms. The van der Waals surface area contributed by atoms with E-state index in [2.05, 4.69) is 22.0 Å². The number of amides is 3. The quantitative estimate of drug-likeness (QED) is 0.0833. The Hall–Kier alpha value is -5.83. The summed E-state index contributed by atoms with van der Waals surface area (Å²) in [7, 11) is 3.05. The molecule has 5 aromatic rings. The minimum Gasteiger partial charge on any atom is -0.497 e. The molecule has 0 aliphatic carbocycles. The number of nitrogens with zero attached hydrogens (tertiary/aromatic N) is 1. The van der Waals surface area contributed by atoms with E-state index in [1.807, 2.05) is 48.7 Å². The minimum absolute atomic E-state index is 0.0200. The van der Waals surface area contributed by atoms with Crippen molar-refractivity contribution < 1.29 is 23.9 Å². The number of carbonyl (C=O) groups excluding carboxylic acids is 3. The zero-order chi connectivity index (χ0) is 35.5. The van der Waals surface area contributed by atoms with E-state index in [9.17, 15) is 19.6 Å². The third-order valence-electron chi connectivity index (χ3n) is 7.52. The highest BCUT2D eigenvalue weighted by Crippen LogP contribution is 2.36. The van der Waals surface area contributed by atoms with Crippen molar-refractivity contribution in [3.63, 3.8) is 0 Å². The van der Waals surface area contributed by atoms with E-state index in [1.54, 1.807) is 66.7 Å². The van der Waals surface area contributed by atoms with Gasteiger partial charge in [-0.1, -0.05) is 61.5 Å². The molecule has 9 nitrogen and oxygen atoms in total. The first kappa shape index (κ1) is 35.5. The van der Waals surface area contributed by atoms with E-state index >= 15 is 0 Å². The number of hydrogen-bond donors (Lipinski definition) is 3. The van der Waals surface area contributed by atoms with Crippen molar-refractivity contribution in [2.45, 2.75) is 23.5 Å². The highest BCUT2D eigenvalue weighted by Gasteiger charge is 2.22. The minimum atomic E-state index is -0.568. The summed E-state index contributed by atoms with van der Waals surface area (Å²) in [4.78, 5) is 41.1. The molecule has 11 heteroatoms. The fraction of sp³-hybridized carbons (Fsp3) is 0.128. The smallest absolute Gasteiger partial charge is 0.272 e. The zero-order valence-electron chi connectivity index (χ0n) is 27.6. The van der Waals surface area contributed by atoms with Crippen molar-refractivity contribution in [2.24, 2.45) is 0 Å². The van der Waals surface area contributed by atoms with Crippen molar-refractivity contribution in [1.29, 1.82) is 5.26 Å². The van der Waals surface area contributed by atoms with Gasteiger partial charge in [-0.25, -0.2) is 0 Å². The number of hydrogen-bond acceptors (Lipinski definition) is 8. The van der Waals surface area contributed by atoms with Crippen LogP contribution in [0.3, 0.4) is 0 Å². The van der Waals surface area contributed by atoms with Gasteiger partial charge in [-0.3, -0.25) is 14.4 Å². The Morgan fingerprint density at radius 2 is 1.64 bits per heavy atom. The Kier molecular flexibility index (Phi) is 12.1. The first-order valence-electron chi connectivity index (χ1n) is 15.6. The number of ether oxygens (including phenoxy) is 2. The Bertz CT molecular complexity index is 2060. The molecule has 0 fully saturated rings. The van der Waals surface area contributed by atoms with Gasteiger partial charge in [0.1, 0.15) is 28.3 Å². The Balaban J connectivity index is 1.34. The van der Waals surface area contributed by atoms with Crippen LogP contribution in [0.25, 0.3) is 17.2 Å². The predicted octanol–water partition coefficient (Wildman–Crippen LogP) is 8.22. The van der Waals surface area contributed by atoms with Crippen LogP contribution in [0.4, 0.5) is 10.7 Å². The third-order valence-corrected chi connectivity index (χ3v) is 9.78. The van der Waals surface area contributed by atoms with Crippen LogP contribution in [-0.2, 0) is 9.59 Å². The molecular formula is C39H34N4O5S2. The molecular weight excluding hydrogens is 669 g/mol. The molecule has 252 valence electrons. The van der Waals surface area contributed by atoms with Gasteiger partial charge in [-0.2, -0.15) is 5.26 Å². The van der Waals surface area contributed by atoms with Gasteiger partial charge in [-0.15, -0.1) is 23.1 Å². The van der Waals surface area contributed by atoms with E-state index in [0.717, 1.165) is 16.0 Å². The van der Waals surface area contributed by atoms with Crippen LogP contribution in [0.5, 0.6) is 11.5 Å². The molecule has 0 saturated heterocycles. The summed E-state index contributed by atoms with van der Waals surface area (Å²) >= 11 is 2.66. The zero-order valence-corrected chi connectivity index (χ0v) is 29.2. The predicted molar refractivity (Wildman–Crippen MR) is 200 cm³/mol. The fourth-order valence-electron chi connectivity index (χ4n) is 4.97. The lowest BCUT2D eigenvalue weighted by molar-refractivity contribution is -0.116. The Labute approximate surface area is 299 Å². The SMILES string of the molecule is CCC(Sc1cccc(NC(=O)/C(=C\c2cc(OC)ccc2OC)NC(=O)c2ccccc2)c1)C(=O)Nc1scc(-c2ccccc2)c1C#N. The molecule has 1 heterocycles. The second-order valence-electron chi connectivity index (χ2n) is 10.8. The van der Waals surface area contributed by atoms with E-state index in [-0.39, 0.29) is 11.6 Å². The summed E-state index contributed by atoms with van der Waals surface area (Å²) in [5.74, 6) is -0.234. The molecule has 3 amide bonds. The highest BCUT2D eigenvalue weighted by molar-refractivity contribution is 8.00. The lowest BCUT2D eigenvalue weighted by atomic mass is 10.1. The van der Waals surface area contributed by atoms with Crippen molar-refractivity contribution in [3.8, 4) is 28.7 Å². The van der Waals surface area contributed by atoms with Crippen molar-refractivity contribution in [2.75, 3.05) is 24.9 Å². The molecule has 0 aliphatic rings. The molecule has 0 saturated carbocycles. The number of rotatable bonds is 13. The second kappa shape index (κ2) is 17.0. The average molecular weight is 703 g/mol. The topological polar surface area (TPSA) is 130 Å². The van der Waals surface area contributed by atoms with E-state index in [1.165, 1.54) is 43.4 Å². The first-order chi connectivity index (χ1) is 24.3. The van der Waals surface area contributed by atoms with Gasteiger partial charge < -0.3 is 25.4 Å². The number of nitrogens with one attached hydrogen (secondary N) is 3. The van der Waals surface area contributed by atoms with Gasteiger partial charge in [0, 0.05) is 32.7 Å². The van der Waals surface area contributed by atoms with Crippen LogP contribution in [-0.4, -0.2) is 37.2 Å². The third kappa shape index (κ3) is 8.79. The molecule has 1 aromatic heterocycles. The van der Waals surface area contributed by atoms with Crippen LogP contribution >= 0.6 is 23.1 Å². The summed E-state index contributed by atoms with van der Waals surface area (Å²) in [6.07, 6.45) is 2.05. The van der Waals surface area contributed by atoms with Gasteiger partial charge >= 0.3 is 0 Å². The van der Waals surface area contributed by atoms with Gasteiger partial charge in [0.05, 0.1) is 25.0 Å². The monoisotopic (exact) mass is 702 g/mol. The molecule has 0 radical (unpaired) electrons. The van der Waals surface area contributed by atoms with Crippen LogP contribution in [0.2, 0.25) is 0 Å². The maximum absolute atomic E-state index is 13.7. The van der Waals surface area contributed by atoms with Gasteiger partial charge in [0.2, 0.25) is 5.91 Å². The largest absolute Gasteiger partial charge is 0.497 e. The van der Waals surface area contributed by atoms with Crippen LogP contribution in [0.1, 0.15) is 34.8 Å². The van der Waals surface area contributed by atoms with E-state index < -0.39 is 17.1 Å². The fourth-order valence-corrected chi connectivity index (χ4v) is 6.90. The standard InChI is InChI=1S/C39H34N4O5S2/c1-4-35(38(46)43-39-31(23-40)32(24-49-39)25-12-7-5-8-13-25)50-30-17-11-16-28(22-30)41-37(45)33(42-36(44)26-14-9-6-10-15-26)21-27-20-29(47-2)18-19-34(27)48-3/h5-22,24,35H,4H2,1-3H3,(H,41,45)(H,42,44)(H,43,46)/b33-21+. The number of methoxy groups -OCH3 is 2. The molecule has 3 N–H and O–H groups in total. The molecule has 1 unspecified atom stereocenters. The molecule has 1 atom stereocenters. The van der Waals surface area contributed by atoms with Gasteiger partial charge in [0.25, 0.3) is 11.8 Å². The number of thiophene rings is 1. The second-order valence-corrected chi connectivity index (χ2v) is 13.0. The van der Waals surface area contributed by atoms with Crippen LogP contribution < -0.4 is 25.4 Å². The average Bonchev–Trinajstić information content (AvgIpc) is 3.56. The summed E-state index contributed by atoms with van der Waals surface area (Å²) in [6, 6.07) is 32.7. The number of carbonyl (C=O) groups is 3. The molecule has 4 aromatic carbocycles. The summed E-state index contributed by atoms with van der Waals surface area (Å²) in [5, 5.41) is 20.4. The van der Waals surface area contributed by atoms with E-state index in [4.69, 9.17) is 9.47 Å².